The van der Waals surface area contributed by atoms with E-state index in [9.17, 15) is 0 Å². The molecule has 102 valence electrons. The minimum absolute atomic E-state index is 0.183. The average molecular weight is 314 g/mol. The van der Waals surface area contributed by atoms with Gasteiger partial charge in [-0.2, -0.15) is 0 Å². The standard InChI is InChI=1S/C15H24BrNO/c1-6-17-14(15(3,4)5)11-8-9-13(18-7-2)12(16)10-11/h8-10,14,17H,6-7H2,1-5H3. The quantitative estimate of drug-likeness (QED) is 0.861. The van der Waals surface area contributed by atoms with Crippen molar-refractivity contribution in [1.82, 2.24) is 5.32 Å². The summed E-state index contributed by atoms with van der Waals surface area (Å²) in [6, 6.07) is 6.69. The summed E-state index contributed by atoms with van der Waals surface area (Å²) in [6.07, 6.45) is 0. The highest BCUT2D eigenvalue weighted by molar-refractivity contribution is 9.10. The van der Waals surface area contributed by atoms with E-state index >= 15 is 0 Å². The molecule has 0 spiro atoms. The first-order chi connectivity index (χ1) is 8.40. The summed E-state index contributed by atoms with van der Waals surface area (Å²) in [5.74, 6) is 0.908. The van der Waals surface area contributed by atoms with Gasteiger partial charge >= 0.3 is 0 Å². The van der Waals surface area contributed by atoms with Gasteiger partial charge in [0.2, 0.25) is 0 Å². The summed E-state index contributed by atoms with van der Waals surface area (Å²) in [4.78, 5) is 0. The fraction of sp³-hybridized carbons (Fsp3) is 0.600. The number of nitrogens with one attached hydrogen (secondary N) is 1. The first kappa shape index (κ1) is 15.5. The van der Waals surface area contributed by atoms with Gasteiger partial charge in [-0.05, 0) is 52.5 Å². The molecule has 0 radical (unpaired) electrons. The Morgan fingerprint density at radius 2 is 1.94 bits per heavy atom. The third-order valence-corrected chi connectivity index (χ3v) is 3.48. The Kier molecular flexibility index (Phi) is 5.67. The van der Waals surface area contributed by atoms with Gasteiger partial charge < -0.3 is 10.1 Å². The maximum atomic E-state index is 5.55. The van der Waals surface area contributed by atoms with E-state index in [1.807, 2.05) is 13.0 Å². The van der Waals surface area contributed by atoms with Crippen molar-refractivity contribution in [2.45, 2.75) is 40.7 Å². The highest BCUT2D eigenvalue weighted by Crippen LogP contribution is 2.36. The molecule has 1 aromatic rings. The fourth-order valence-corrected chi connectivity index (χ4v) is 2.61. The molecule has 1 rings (SSSR count). The molecule has 2 nitrogen and oxygen atoms in total. The number of benzene rings is 1. The van der Waals surface area contributed by atoms with Crippen LogP contribution in [-0.2, 0) is 0 Å². The number of halogens is 1. The number of hydrogen-bond acceptors (Lipinski definition) is 2. The van der Waals surface area contributed by atoms with Gasteiger partial charge in [0, 0.05) is 6.04 Å². The summed E-state index contributed by atoms with van der Waals surface area (Å²) in [5, 5.41) is 3.56. The van der Waals surface area contributed by atoms with E-state index in [1.165, 1.54) is 5.56 Å². The van der Waals surface area contributed by atoms with E-state index in [0.717, 1.165) is 16.8 Å². The van der Waals surface area contributed by atoms with Crippen molar-refractivity contribution in [3.63, 3.8) is 0 Å². The third-order valence-electron chi connectivity index (χ3n) is 2.86. The maximum absolute atomic E-state index is 5.55. The highest BCUT2D eigenvalue weighted by Gasteiger charge is 2.25. The van der Waals surface area contributed by atoms with Crippen LogP contribution in [0, 0.1) is 5.41 Å². The predicted octanol–water partition coefficient (Wildman–Crippen LogP) is 4.54. The van der Waals surface area contributed by atoms with Gasteiger partial charge in [-0.15, -0.1) is 0 Å². The monoisotopic (exact) mass is 313 g/mol. The van der Waals surface area contributed by atoms with Gasteiger partial charge in [0.25, 0.3) is 0 Å². The smallest absolute Gasteiger partial charge is 0.133 e. The summed E-state index contributed by atoms with van der Waals surface area (Å²) in [7, 11) is 0. The molecule has 1 N–H and O–H groups in total. The third kappa shape index (κ3) is 3.99. The molecule has 1 atom stereocenters. The van der Waals surface area contributed by atoms with E-state index in [1.54, 1.807) is 0 Å². The lowest BCUT2D eigenvalue weighted by Gasteiger charge is -2.32. The molecule has 3 heteroatoms. The highest BCUT2D eigenvalue weighted by atomic mass is 79.9. The molecule has 0 fully saturated rings. The molecule has 0 heterocycles. The van der Waals surface area contributed by atoms with Crippen molar-refractivity contribution in [2.75, 3.05) is 13.2 Å². The maximum Gasteiger partial charge on any atom is 0.133 e. The second kappa shape index (κ2) is 6.58. The first-order valence-electron chi connectivity index (χ1n) is 6.55. The molecule has 0 aromatic heterocycles. The van der Waals surface area contributed by atoms with Crippen LogP contribution in [0.4, 0.5) is 0 Å². The lowest BCUT2D eigenvalue weighted by Crippen LogP contribution is -2.32. The Hall–Kier alpha value is -0.540. The Balaban J connectivity index is 3.03. The Labute approximate surface area is 119 Å². The Morgan fingerprint density at radius 3 is 2.39 bits per heavy atom. The summed E-state index contributed by atoms with van der Waals surface area (Å²) in [5.41, 5.74) is 1.47. The van der Waals surface area contributed by atoms with E-state index in [4.69, 9.17) is 4.74 Å². The second-order valence-electron chi connectivity index (χ2n) is 5.48. The zero-order valence-electron chi connectivity index (χ0n) is 12.0. The van der Waals surface area contributed by atoms with Gasteiger partial charge in [-0.25, -0.2) is 0 Å². The molecular weight excluding hydrogens is 290 g/mol. The van der Waals surface area contributed by atoms with Crippen molar-refractivity contribution >= 4 is 15.9 Å². The van der Waals surface area contributed by atoms with Crippen LogP contribution in [0.3, 0.4) is 0 Å². The first-order valence-corrected chi connectivity index (χ1v) is 7.35. The van der Waals surface area contributed by atoms with Crippen LogP contribution in [0.5, 0.6) is 5.75 Å². The van der Waals surface area contributed by atoms with Crippen molar-refractivity contribution in [3.8, 4) is 5.75 Å². The van der Waals surface area contributed by atoms with Gasteiger partial charge in [0.15, 0.2) is 0 Å². The summed E-state index contributed by atoms with van der Waals surface area (Å²) < 4.78 is 6.57. The van der Waals surface area contributed by atoms with E-state index in [2.05, 4.69) is 61.1 Å². The molecule has 0 aliphatic carbocycles. The number of hydrogen-bond donors (Lipinski definition) is 1. The molecule has 1 unspecified atom stereocenters. The fourth-order valence-electron chi connectivity index (χ4n) is 2.10. The van der Waals surface area contributed by atoms with E-state index in [-0.39, 0.29) is 5.41 Å². The molecule has 0 amide bonds. The van der Waals surface area contributed by atoms with Crippen LogP contribution in [0.15, 0.2) is 22.7 Å². The second-order valence-corrected chi connectivity index (χ2v) is 6.33. The van der Waals surface area contributed by atoms with Crippen LogP contribution in [0.2, 0.25) is 0 Å². The minimum Gasteiger partial charge on any atom is -0.493 e. The molecule has 0 aliphatic heterocycles. The Morgan fingerprint density at radius 1 is 1.28 bits per heavy atom. The minimum atomic E-state index is 0.183. The molecular formula is C15H24BrNO. The molecule has 0 aliphatic rings. The zero-order valence-corrected chi connectivity index (χ0v) is 13.6. The molecule has 0 saturated carbocycles. The Bertz CT molecular complexity index is 385. The predicted molar refractivity (Wildman–Crippen MR) is 81.2 cm³/mol. The summed E-state index contributed by atoms with van der Waals surface area (Å²) in [6.45, 7) is 12.6. The van der Waals surface area contributed by atoms with Gasteiger partial charge in [-0.3, -0.25) is 0 Å². The van der Waals surface area contributed by atoms with Crippen molar-refractivity contribution < 1.29 is 4.74 Å². The van der Waals surface area contributed by atoms with Gasteiger partial charge in [-0.1, -0.05) is 33.8 Å². The van der Waals surface area contributed by atoms with Crippen LogP contribution < -0.4 is 10.1 Å². The topological polar surface area (TPSA) is 21.3 Å². The molecule has 0 saturated heterocycles. The number of ether oxygens (including phenoxy) is 1. The van der Waals surface area contributed by atoms with Crippen molar-refractivity contribution in [2.24, 2.45) is 5.41 Å². The van der Waals surface area contributed by atoms with Crippen molar-refractivity contribution in [1.29, 1.82) is 0 Å². The zero-order chi connectivity index (χ0) is 13.8. The van der Waals surface area contributed by atoms with E-state index in [0.29, 0.717) is 12.6 Å². The van der Waals surface area contributed by atoms with Gasteiger partial charge in [0.05, 0.1) is 11.1 Å². The molecule has 1 aromatic carbocycles. The van der Waals surface area contributed by atoms with E-state index < -0.39 is 0 Å². The number of rotatable bonds is 5. The SMILES string of the molecule is CCNC(c1ccc(OCC)c(Br)c1)C(C)(C)C. The van der Waals surface area contributed by atoms with Crippen LogP contribution in [0.1, 0.15) is 46.2 Å². The van der Waals surface area contributed by atoms with Crippen molar-refractivity contribution in [3.05, 3.63) is 28.2 Å². The summed E-state index contributed by atoms with van der Waals surface area (Å²) >= 11 is 3.58. The largest absolute Gasteiger partial charge is 0.493 e. The van der Waals surface area contributed by atoms with Crippen LogP contribution in [-0.4, -0.2) is 13.2 Å². The van der Waals surface area contributed by atoms with Gasteiger partial charge in [0.1, 0.15) is 5.75 Å². The normalized spacial score (nSPS) is 13.4. The lowest BCUT2D eigenvalue weighted by atomic mass is 9.82. The lowest BCUT2D eigenvalue weighted by molar-refractivity contribution is 0.276. The van der Waals surface area contributed by atoms with Crippen LogP contribution in [0.25, 0.3) is 0 Å². The molecule has 0 bridgehead atoms. The average Bonchev–Trinajstić information content (AvgIpc) is 2.27. The van der Waals surface area contributed by atoms with Crippen LogP contribution >= 0.6 is 15.9 Å². The molecule has 18 heavy (non-hydrogen) atoms.